The highest BCUT2D eigenvalue weighted by molar-refractivity contribution is 5.10. The number of rotatable bonds is 7. The molecule has 0 aliphatic heterocycles. The molecule has 0 bridgehead atoms. The number of aryl methyl sites for hydroxylation is 1. The smallest absolute Gasteiger partial charge is 0.0640 e. The van der Waals surface area contributed by atoms with Gasteiger partial charge in [-0.1, -0.05) is 18.6 Å². The average molecular weight is 261 g/mol. The van der Waals surface area contributed by atoms with Gasteiger partial charge in [-0.05, 0) is 51.1 Å². The largest absolute Gasteiger partial charge is 0.313 e. The Kier molecular flexibility index (Phi) is 5.64. The van der Waals surface area contributed by atoms with Gasteiger partial charge in [0.25, 0.3) is 0 Å². The zero-order chi connectivity index (χ0) is 13.5. The minimum Gasteiger partial charge on any atom is -0.313 e. The molecule has 1 aliphatic carbocycles. The summed E-state index contributed by atoms with van der Waals surface area (Å²) in [6, 6.07) is 2.68. The molecule has 0 fully saturated rings. The zero-order valence-electron chi connectivity index (χ0n) is 12.4. The molecule has 0 spiro atoms. The molecule has 3 nitrogen and oxygen atoms in total. The Morgan fingerprint density at radius 2 is 2.26 bits per heavy atom. The third-order valence-corrected chi connectivity index (χ3v) is 3.80. The monoisotopic (exact) mass is 261 g/mol. The van der Waals surface area contributed by atoms with Crippen molar-refractivity contribution in [3.8, 4) is 0 Å². The first kappa shape index (κ1) is 14.3. The van der Waals surface area contributed by atoms with E-state index in [1.165, 1.54) is 44.2 Å². The molecule has 3 heteroatoms. The summed E-state index contributed by atoms with van der Waals surface area (Å²) in [5, 5.41) is 8.19. The van der Waals surface area contributed by atoms with Gasteiger partial charge in [-0.25, -0.2) is 0 Å². The van der Waals surface area contributed by atoms with Gasteiger partial charge in [0, 0.05) is 25.7 Å². The Labute approximate surface area is 117 Å². The Morgan fingerprint density at radius 3 is 2.89 bits per heavy atom. The summed E-state index contributed by atoms with van der Waals surface area (Å²) in [4.78, 5) is 0. The van der Waals surface area contributed by atoms with Crippen LogP contribution in [0.4, 0.5) is 0 Å². The number of nitrogens with zero attached hydrogens (tertiary/aromatic N) is 2. The molecule has 1 heterocycles. The second-order valence-electron chi connectivity index (χ2n) is 5.65. The molecule has 106 valence electrons. The summed E-state index contributed by atoms with van der Waals surface area (Å²) < 4.78 is 1.89. The number of aromatic nitrogens is 2. The summed E-state index contributed by atoms with van der Waals surface area (Å²) >= 11 is 0. The average Bonchev–Trinajstić information content (AvgIpc) is 2.82. The van der Waals surface area contributed by atoms with Crippen molar-refractivity contribution < 1.29 is 0 Å². The van der Waals surface area contributed by atoms with Gasteiger partial charge in [0.15, 0.2) is 0 Å². The molecule has 0 saturated heterocycles. The van der Waals surface area contributed by atoms with Gasteiger partial charge in [0.2, 0.25) is 0 Å². The third-order valence-electron chi connectivity index (χ3n) is 3.80. The van der Waals surface area contributed by atoms with Gasteiger partial charge in [0.1, 0.15) is 0 Å². The lowest BCUT2D eigenvalue weighted by atomic mass is 9.92. The Balaban J connectivity index is 1.92. The minimum absolute atomic E-state index is 0.541. The van der Waals surface area contributed by atoms with Crippen LogP contribution in [0.1, 0.15) is 51.1 Å². The van der Waals surface area contributed by atoms with Crippen molar-refractivity contribution in [2.75, 3.05) is 6.54 Å². The van der Waals surface area contributed by atoms with E-state index in [2.05, 4.69) is 29.5 Å². The van der Waals surface area contributed by atoms with Crippen molar-refractivity contribution in [3.05, 3.63) is 29.6 Å². The molecule has 1 aromatic heterocycles. The standard InChI is InChI=1S/C16H27N3/c1-3-10-17-16(12-14-7-5-4-6-8-14)13-15-9-11-19(2)18-15/h7,9,11,16-17H,3-6,8,10,12-13H2,1-2H3. The van der Waals surface area contributed by atoms with Gasteiger partial charge >= 0.3 is 0 Å². The van der Waals surface area contributed by atoms with Gasteiger partial charge in [-0.15, -0.1) is 0 Å². The van der Waals surface area contributed by atoms with E-state index in [0.29, 0.717) is 6.04 Å². The normalized spacial score (nSPS) is 17.3. The minimum atomic E-state index is 0.541. The van der Waals surface area contributed by atoms with E-state index in [0.717, 1.165) is 13.0 Å². The molecule has 1 N–H and O–H groups in total. The van der Waals surface area contributed by atoms with E-state index in [1.54, 1.807) is 5.57 Å². The Morgan fingerprint density at radius 1 is 1.37 bits per heavy atom. The molecular formula is C16H27N3. The van der Waals surface area contributed by atoms with Crippen molar-refractivity contribution >= 4 is 0 Å². The Bertz CT molecular complexity index is 406. The lowest BCUT2D eigenvalue weighted by Crippen LogP contribution is -2.32. The second-order valence-corrected chi connectivity index (χ2v) is 5.65. The highest BCUT2D eigenvalue weighted by Gasteiger charge is 2.14. The number of hydrogen-bond acceptors (Lipinski definition) is 2. The topological polar surface area (TPSA) is 29.9 Å². The molecule has 0 radical (unpaired) electrons. The summed E-state index contributed by atoms with van der Waals surface area (Å²) in [7, 11) is 1.99. The predicted molar refractivity (Wildman–Crippen MR) is 80.2 cm³/mol. The predicted octanol–water partition coefficient (Wildman–Crippen LogP) is 3.22. The van der Waals surface area contributed by atoms with Crippen LogP contribution in [0, 0.1) is 0 Å². The van der Waals surface area contributed by atoms with Crippen LogP contribution in [-0.2, 0) is 13.5 Å². The summed E-state index contributed by atoms with van der Waals surface area (Å²) in [6.07, 6.45) is 13.2. The molecule has 0 saturated carbocycles. The molecule has 1 atom stereocenters. The quantitative estimate of drug-likeness (QED) is 0.764. The molecule has 19 heavy (non-hydrogen) atoms. The molecule has 1 aliphatic rings. The molecule has 0 amide bonds. The van der Waals surface area contributed by atoms with Crippen LogP contribution < -0.4 is 5.32 Å². The number of hydrogen-bond donors (Lipinski definition) is 1. The van der Waals surface area contributed by atoms with Gasteiger partial charge < -0.3 is 5.32 Å². The van der Waals surface area contributed by atoms with Crippen LogP contribution in [0.2, 0.25) is 0 Å². The molecule has 1 aromatic rings. The van der Waals surface area contributed by atoms with Crippen LogP contribution in [0.25, 0.3) is 0 Å². The van der Waals surface area contributed by atoms with Crippen molar-refractivity contribution in [2.45, 2.75) is 57.9 Å². The van der Waals surface area contributed by atoms with Gasteiger partial charge in [-0.3, -0.25) is 4.68 Å². The fourth-order valence-electron chi connectivity index (χ4n) is 2.80. The SMILES string of the molecule is CCCNC(CC1=CCCCC1)Cc1ccn(C)n1. The second kappa shape index (κ2) is 7.49. The van der Waals surface area contributed by atoms with E-state index in [-0.39, 0.29) is 0 Å². The summed E-state index contributed by atoms with van der Waals surface area (Å²) in [6.45, 7) is 3.33. The number of allylic oxidation sites excluding steroid dienone is 1. The molecule has 0 aromatic carbocycles. The van der Waals surface area contributed by atoms with E-state index in [4.69, 9.17) is 0 Å². The van der Waals surface area contributed by atoms with Crippen molar-refractivity contribution in [2.24, 2.45) is 7.05 Å². The third kappa shape index (κ3) is 4.83. The maximum Gasteiger partial charge on any atom is 0.0640 e. The van der Waals surface area contributed by atoms with Gasteiger partial charge in [-0.2, -0.15) is 5.10 Å². The van der Waals surface area contributed by atoms with Crippen LogP contribution in [0.3, 0.4) is 0 Å². The van der Waals surface area contributed by atoms with Crippen LogP contribution in [0.5, 0.6) is 0 Å². The maximum atomic E-state index is 4.51. The fraction of sp³-hybridized carbons (Fsp3) is 0.688. The van der Waals surface area contributed by atoms with Gasteiger partial charge in [0.05, 0.1) is 5.69 Å². The van der Waals surface area contributed by atoms with Crippen LogP contribution >= 0.6 is 0 Å². The first-order valence-electron chi connectivity index (χ1n) is 7.67. The molecule has 1 unspecified atom stereocenters. The number of nitrogens with one attached hydrogen (secondary N) is 1. The van der Waals surface area contributed by atoms with E-state index in [9.17, 15) is 0 Å². The van der Waals surface area contributed by atoms with Crippen LogP contribution in [0.15, 0.2) is 23.9 Å². The van der Waals surface area contributed by atoms with E-state index in [1.807, 2.05) is 17.9 Å². The summed E-state index contributed by atoms with van der Waals surface area (Å²) in [5.74, 6) is 0. The Hall–Kier alpha value is -1.09. The first-order chi connectivity index (χ1) is 9.28. The first-order valence-corrected chi connectivity index (χ1v) is 7.67. The van der Waals surface area contributed by atoms with Crippen molar-refractivity contribution in [3.63, 3.8) is 0 Å². The zero-order valence-corrected chi connectivity index (χ0v) is 12.4. The summed E-state index contributed by atoms with van der Waals surface area (Å²) in [5.41, 5.74) is 2.85. The van der Waals surface area contributed by atoms with Crippen molar-refractivity contribution in [1.82, 2.24) is 15.1 Å². The van der Waals surface area contributed by atoms with E-state index < -0.39 is 0 Å². The maximum absolute atomic E-state index is 4.51. The molecular weight excluding hydrogens is 234 g/mol. The van der Waals surface area contributed by atoms with Crippen molar-refractivity contribution in [1.29, 1.82) is 0 Å². The lowest BCUT2D eigenvalue weighted by molar-refractivity contribution is 0.484. The highest BCUT2D eigenvalue weighted by atomic mass is 15.2. The fourth-order valence-corrected chi connectivity index (χ4v) is 2.80. The van der Waals surface area contributed by atoms with E-state index >= 15 is 0 Å². The molecule has 2 rings (SSSR count). The highest BCUT2D eigenvalue weighted by Crippen LogP contribution is 2.22. The van der Waals surface area contributed by atoms with Crippen LogP contribution in [-0.4, -0.2) is 22.4 Å². The lowest BCUT2D eigenvalue weighted by Gasteiger charge is -2.21.